The number of benzene rings is 1. The van der Waals surface area contributed by atoms with Gasteiger partial charge < -0.3 is 15.8 Å². The molecule has 0 aliphatic rings. The first-order chi connectivity index (χ1) is 9.69. The third-order valence-corrected chi connectivity index (χ3v) is 3.00. The van der Waals surface area contributed by atoms with Crippen molar-refractivity contribution in [3.63, 3.8) is 0 Å². The van der Waals surface area contributed by atoms with Gasteiger partial charge in [-0.2, -0.15) is 0 Å². The average molecular weight is 279 g/mol. The van der Waals surface area contributed by atoms with E-state index in [1.807, 2.05) is 38.1 Å². The summed E-state index contributed by atoms with van der Waals surface area (Å²) in [5.41, 5.74) is 6.65. The van der Waals surface area contributed by atoms with Crippen LogP contribution >= 0.6 is 0 Å². The lowest BCUT2D eigenvalue weighted by Crippen LogP contribution is -2.38. The minimum Gasteiger partial charge on any atom is -0.492 e. The molecule has 0 aromatic heterocycles. The SMILES string of the molecule is CCNC(=O)CN(CC)CCOc1cccc(CN)c1. The highest BCUT2D eigenvalue weighted by atomic mass is 16.5. The van der Waals surface area contributed by atoms with Crippen LogP contribution in [0.1, 0.15) is 19.4 Å². The van der Waals surface area contributed by atoms with Crippen LogP contribution in [0.5, 0.6) is 5.75 Å². The number of rotatable bonds is 9. The second kappa shape index (κ2) is 9.34. The van der Waals surface area contributed by atoms with E-state index < -0.39 is 0 Å². The molecule has 1 aromatic rings. The van der Waals surface area contributed by atoms with Crippen LogP contribution in [0.2, 0.25) is 0 Å². The number of amides is 1. The standard InChI is InChI=1S/C15H25N3O2/c1-3-17-15(19)12-18(4-2)8-9-20-14-7-5-6-13(10-14)11-16/h5-7,10H,3-4,8-9,11-12,16H2,1-2H3,(H,17,19). The third kappa shape index (κ3) is 6.04. The molecule has 0 bridgehead atoms. The number of nitrogens with zero attached hydrogens (tertiary/aromatic N) is 1. The van der Waals surface area contributed by atoms with Crippen LogP contribution in [0.15, 0.2) is 24.3 Å². The lowest BCUT2D eigenvalue weighted by molar-refractivity contribution is -0.122. The highest BCUT2D eigenvalue weighted by Gasteiger charge is 2.08. The smallest absolute Gasteiger partial charge is 0.234 e. The van der Waals surface area contributed by atoms with Crippen molar-refractivity contribution < 1.29 is 9.53 Å². The van der Waals surface area contributed by atoms with Gasteiger partial charge in [-0.25, -0.2) is 0 Å². The van der Waals surface area contributed by atoms with Crippen molar-refractivity contribution >= 4 is 5.91 Å². The minimum atomic E-state index is 0.0551. The van der Waals surface area contributed by atoms with Gasteiger partial charge in [-0.15, -0.1) is 0 Å². The number of nitrogens with two attached hydrogens (primary N) is 1. The summed E-state index contributed by atoms with van der Waals surface area (Å²) in [6.07, 6.45) is 0. The van der Waals surface area contributed by atoms with E-state index in [4.69, 9.17) is 10.5 Å². The number of likely N-dealkylation sites (N-methyl/N-ethyl adjacent to an activating group) is 2. The molecule has 0 unspecified atom stereocenters. The summed E-state index contributed by atoms with van der Waals surface area (Å²) < 4.78 is 5.69. The Kier molecular flexibility index (Phi) is 7.69. The van der Waals surface area contributed by atoms with E-state index in [1.165, 1.54) is 0 Å². The maximum Gasteiger partial charge on any atom is 0.234 e. The molecule has 112 valence electrons. The van der Waals surface area contributed by atoms with Crippen LogP contribution in [0.4, 0.5) is 0 Å². The van der Waals surface area contributed by atoms with Crippen molar-refractivity contribution in [1.82, 2.24) is 10.2 Å². The number of carbonyl (C=O) groups excluding carboxylic acids is 1. The number of hydrogen-bond acceptors (Lipinski definition) is 4. The molecule has 0 saturated heterocycles. The Morgan fingerprint density at radius 2 is 2.20 bits per heavy atom. The van der Waals surface area contributed by atoms with Gasteiger partial charge in [-0.3, -0.25) is 9.69 Å². The molecule has 0 heterocycles. The molecule has 0 fully saturated rings. The van der Waals surface area contributed by atoms with Crippen molar-refractivity contribution in [2.75, 3.05) is 32.8 Å². The van der Waals surface area contributed by atoms with E-state index in [0.717, 1.165) is 24.4 Å². The highest BCUT2D eigenvalue weighted by Crippen LogP contribution is 2.12. The maximum atomic E-state index is 11.5. The average Bonchev–Trinajstić information content (AvgIpc) is 2.46. The summed E-state index contributed by atoms with van der Waals surface area (Å²) in [6, 6.07) is 7.77. The number of ether oxygens (including phenoxy) is 1. The van der Waals surface area contributed by atoms with Gasteiger partial charge in [0.15, 0.2) is 0 Å². The molecule has 0 aliphatic heterocycles. The predicted molar refractivity (Wildman–Crippen MR) is 80.6 cm³/mol. The van der Waals surface area contributed by atoms with E-state index >= 15 is 0 Å². The fraction of sp³-hybridized carbons (Fsp3) is 0.533. The van der Waals surface area contributed by atoms with Gasteiger partial charge in [0.2, 0.25) is 5.91 Å². The van der Waals surface area contributed by atoms with E-state index in [9.17, 15) is 4.79 Å². The molecule has 0 spiro atoms. The van der Waals surface area contributed by atoms with E-state index in [2.05, 4.69) is 10.2 Å². The molecule has 3 N–H and O–H groups in total. The van der Waals surface area contributed by atoms with Crippen LogP contribution in [0.25, 0.3) is 0 Å². The number of hydrogen-bond donors (Lipinski definition) is 2. The zero-order chi connectivity index (χ0) is 14.8. The van der Waals surface area contributed by atoms with Crippen molar-refractivity contribution in [1.29, 1.82) is 0 Å². The lowest BCUT2D eigenvalue weighted by atomic mass is 10.2. The molecule has 1 rings (SSSR count). The van der Waals surface area contributed by atoms with Gasteiger partial charge in [-0.05, 0) is 31.2 Å². The fourth-order valence-corrected chi connectivity index (χ4v) is 1.86. The Hall–Kier alpha value is -1.59. The Morgan fingerprint density at radius 1 is 1.40 bits per heavy atom. The van der Waals surface area contributed by atoms with Gasteiger partial charge >= 0.3 is 0 Å². The Bertz CT molecular complexity index is 410. The fourth-order valence-electron chi connectivity index (χ4n) is 1.86. The molecule has 5 heteroatoms. The summed E-state index contributed by atoms with van der Waals surface area (Å²) >= 11 is 0. The first-order valence-corrected chi connectivity index (χ1v) is 7.10. The Morgan fingerprint density at radius 3 is 2.85 bits per heavy atom. The van der Waals surface area contributed by atoms with Crippen LogP contribution < -0.4 is 15.8 Å². The number of nitrogens with one attached hydrogen (secondary N) is 1. The summed E-state index contributed by atoms with van der Waals surface area (Å²) in [6.45, 7) is 7.64. The second-order valence-corrected chi connectivity index (χ2v) is 4.52. The van der Waals surface area contributed by atoms with Crippen LogP contribution in [0.3, 0.4) is 0 Å². The van der Waals surface area contributed by atoms with E-state index in [0.29, 0.717) is 26.2 Å². The van der Waals surface area contributed by atoms with Gasteiger partial charge in [-0.1, -0.05) is 19.1 Å². The topological polar surface area (TPSA) is 67.6 Å². The van der Waals surface area contributed by atoms with Crippen LogP contribution in [-0.4, -0.2) is 43.6 Å². The molecule has 1 amide bonds. The largest absolute Gasteiger partial charge is 0.492 e. The first-order valence-electron chi connectivity index (χ1n) is 7.10. The molecule has 1 aromatic carbocycles. The van der Waals surface area contributed by atoms with Crippen LogP contribution in [-0.2, 0) is 11.3 Å². The summed E-state index contributed by atoms with van der Waals surface area (Å²) in [5.74, 6) is 0.876. The maximum absolute atomic E-state index is 11.5. The van der Waals surface area contributed by atoms with Gasteiger partial charge in [0.05, 0.1) is 6.54 Å². The third-order valence-electron chi connectivity index (χ3n) is 3.00. The highest BCUT2D eigenvalue weighted by molar-refractivity contribution is 5.77. The molecule has 0 saturated carbocycles. The molecule has 0 aliphatic carbocycles. The summed E-state index contributed by atoms with van der Waals surface area (Å²) in [7, 11) is 0. The Labute approximate surface area is 121 Å². The van der Waals surface area contributed by atoms with Crippen molar-refractivity contribution in [3.8, 4) is 5.75 Å². The van der Waals surface area contributed by atoms with E-state index in [1.54, 1.807) is 0 Å². The number of carbonyl (C=O) groups is 1. The van der Waals surface area contributed by atoms with Crippen LogP contribution in [0, 0.1) is 0 Å². The second-order valence-electron chi connectivity index (χ2n) is 4.52. The van der Waals surface area contributed by atoms with Gasteiger partial charge in [0, 0.05) is 19.6 Å². The Balaban J connectivity index is 2.35. The van der Waals surface area contributed by atoms with Gasteiger partial charge in [0.25, 0.3) is 0 Å². The lowest BCUT2D eigenvalue weighted by Gasteiger charge is -2.19. The zero-order valence-corrected chi connectivity index (χ0v) is 12.4. The summed E-state index contributed by atoms with van der Waals surface area (Å²) in [5, 5.41) is 2.80. The van der Waals surface area contributed by atoms with Crippen molar-refractivity contribution in [2.24, 2.45) is 5.73 Å². The van der Waals surface area contributed by atoms with Crippen molar-refractivity contribution in [3.05, 3.63) is 29.8 Å². The van der Waals surface area contributed by atoms with E-state index in [-0.39, 0.29) is 5.91 Å². The first kappa shape index (κ1) is 16.5. The summed E-state index contributed by atoms with van der Waals surface area (Å²) in [4.78, 5) is 13.6. The predicted octanol–water partition coefficient (Wildman–Crippen LogP) is 0.982. The minimum absolute atomic E-state index is 0.0551. The van der Waals surface area contributed by atoms with Gasteiger partial charge in [0.1, 0.15) is 12.4 Å². The molecular formula is C15H25N3O2. The normalized spacial score (nSPS) is 10.6. The molecule has 0 radical (unpaired) electrons. The molecular weight excluding hydrogens is 254 g/mol. The quantitative estimate of drug-likeness (QED) is 0.707. The zero-order valence-electron chi connectivity index (χ0n) is 12.4. The van der Waals surface area contributed by atoms with Crippen molar-refractivity contribution in [2.45, 2.75) is 20.4 Å². The molecule has 5 nitrogen and oxygen atoms in total. The molecule has 20 heavy (non-hydrogen) atoms. The molecule has 0 atom stereocenters. The monoisotopic (exact) mass is 279 g/mol.